The van der Waals surface area contributed by atoms with Crippen molar-refractivity contribution in [1.82, 2.24) is 0 Å². The molecule has 0 aromatic rings. The molecular formula is C10H17NO2. The van der Waals surface area contributed by atoms with Gasteiger partial charge in [-0.15, -0.1) is 0 Å². The molecule has 3 heteroatoms. The first kappa shape index (κ1) is 9.00. The third-order valence-electron chi connectivity index (χ3n) is 4.28. The molecule has 3 aliphatic rings. The van der Waals surface area contributed by atoms with Crippen LogP contribution in [0.3, 0.4) is 0 Å². The molecule has 0 saturated heterocycles. The van der Waals surface area contributed by atoms with Crippen molar-refractivity contribution in [2.75, 3.05) is 0 Å². The zero-order valence-electron chi connectivity index (χ0n) is 8.16. The Hall–Kier alpha value is -0.570. The third kappa shape index (κ3) is 1.03. The smallest absolute Gasteiger partial charge is 0.308 e. The van der Waals surface area contributed by atoms with Crippen LogP contribution in [0, 0.1) is 23.2 Å². The van der Waals surface area contributed by atoms with E-state index < -0.39 is 5.97 Å². The van der Waals surface area contributed by atoms with Crippen molar-refractivity contribution in [3.05, 3.63) is 0 Å². The Morgan fingerprint density at radius 1 is 1.46 bits per heavy atom. The van der Waals surface area contributed by atoms with Gasteiger partial charge in [-0.05, 0) is 30.1 Å². The molecule has 0 spiro atoms. The van der Waals surface area contributed by atoms with Gasteiger partial charge in [0.05, 0.1) is 5.92 Å². The average Bonchev–Trinajstić information content (AvgIpc) is 2.03. The maximum atomic E-state index is 11.0. The highest BCUT2D eigenvalue weighted by Gasteiger charge is 2.59. The lowest BCUT2D eigenvalue weighted by atomic mass is 9.44. The van der Waals surface area contributed by atoms with E-state index in [0.29, 0.717) is 11.8 Å². The molecule has 2 bridgehead atoms. The van der Waals surface area contributed by atoms with E-state index in [2.05, 4.69) is 13.8 Å². The van der Waals surface area contributed by atoms with Crippen LogP contribution in [-0.2, 0) is 4.79 Å². The third-order valence-corrected chi connectivity index (χ3v) is 4.28. The quantitative estimate of drug-likeness (QED) is 0.639. The maximum absolute atomic E-state index is 11.0. The summed E-state index contributed by atoms with van der Waals surface area (Å²) < 4.78 is 0. The zero-order chi connectivity index (χ0) is 9.80. The number of nitrogens with two attached hydrogens (primary N) is 1. The van der Waals surface area contributed by atoms with E-state index in [-0.39, 0.29) is 17.4 Å². The Morgan fingerprint density at radius 2 is 2.08 bits per heavy atom. The van der Waals surface area contributed by atoms with E-state index in [9.17, 15) is 4.79 Å². The largest absolute Gasteiger partial charge is 0.481 e. The minimum absolute atomic E-state index is 0.116. The molecule has 0 unspecified atom stereocenters. The fourth-order valence-electron chi connectivity index (χ4n) is 3.19. The van der Waals surface area contributed by atoms with Crippen LogP contribution in [0.25, 0.3) is 0 Å². The Labute approximate surface area is 78.3 Å². The molecular weight excluding hydrogens is 166 g/mol. The number of carboxylic acid groups (broad SMARTS) is 1. The van der Waals surface area contributed by atoms with Gasteiger partial charge >= 0.3 is 5.97 Å². The van der Waals surface area contributed by atoms with E-state index in [0.717, 1.165) is 12.8 Å². The Kier molecular flexibility index (Phi) is 1.71. The van der Waals surface area contributed by atoms with Gasteiger partial charge in [0, 0.05) is 6.04 Å². The molecule has 3 fully saturated rings. The van der Waals surface area contributed by atoms with Crippen molar-refractivity contribution in [2.45, 2.75) is 32.7 Å². The topological polar surface area (TPSA) is 63.3 Å². The lowest BCUT2D eigenvalue weighted by molar-refractivity contribution is -0.167. The molecule has 0 aromatic heterocycles. The number of rotatable bonds is 1. The molecule has 13 heavy (non-hydrogen) atoms. The van der Waals surface area contributed by atoms with Crippen LogP contribution in [0.4, 0.5) is 0 Å². The highest BCUT2D eigenvalue weighted by molar-refractivity contribution is 5.72. The van der Waals surface area contributed by atoms with Crippen LogP contribution in [0.5, 0.6) is 0 Å². The van der Waals surface area contributed by atoms with Gasteiger partial charge in [0.2, 0.25) is 0 Å². The number of fused-ring (bicyclic) bond motifs is 2. The van der Waals surface area contributed by atoms with E-state index in [1.54, 1.807) is 0 Å². The number of carboxylic acids is 1. The van der Waals surface area contributed by atoms with Crippen molar-refractivity contribution in [1.29, 1.82) is 0 Å². The molecule has 0 aliphatic heterocycles. The predicted octanol–water partition coefficient (Wildman–Crippen LogP) is 1.08. The van der Waals surface area contributed by atoms with Crippen LogP contribution in [0.2, 0.25) is 0 Å². The van der Waals surface area contributed by atoms with Crippen LogP contribution in [-0.4, -0.2) is 17.1 Å². The highest BCUT2D eigenvalue weighted by atomic mass is 16.4. The van der Waals surface area contributed by atoms with Crippen LogP contribution in [0.1, 0.15) is 26.7 Å². The molecule has 4 atom stereocenters. The Morgan fingerprint density at radius 3 is 2.46 bits per heavy atom. The van der Waals surface area contributed by atoms with Gasteiger partial charge in [-0.25, -0.2) is 0 Å². The normalized spacial score (nSPS) is 46.7. The Bertz CT molecular complexity index is 249. The van der Waals surface area contributed by atoms with E-state index >= 15 is 0 Å². The summed E-state index contributed by atoms with van der Waals surface area (Å²) in [4.78, 5) is 11.0. The van der Waals surface area contributed by atoms with E-state index in [1.807, 2.05) is 0 Å². The molecule has 3 rings (SSSR count). The minimum atomic E-state index is -0.705. The number of hydrogen-bond donors (Lipinski definition) is 2. The van der Waals surface area contributed by atoms with Gasteiger partial charge in [-0.3, -0.25) is 4.79 Å². The second-order valence-corrected chi connectivity index (χ2v) is 5.12. The molecule has 0 heterocycles. The molecule has 3 N–H and O–H groups in total. The van der Waals surface area contributed by atoms with Gasteiger partial charge in [-0.2, -0.15) is 0 Å². The zero-order valence-corrected chi connectivity index (χ0v) is 8.16. The first-order valence-electron chi connectivity index (χ1n) is 4.93. The first-order valence-corrected chi connectivity index (χ1v) is 4.93. The minimum Gasteiger partial charge on any atom is -0.481 e. The number of hydrogen-bond acceptors (Lipinski definition) is 2. The summed E-state index contributed by atoms with van der Waals surface area (Å²) in [6.07, 6.45) is 1.96. The first-order chi connectivity index (χ1) is 5.94. The second-order valence-electron chi connectivity index (χ2n) is 5.12. The fourth-order valence-corrected chi connectivity index (χ4v) is 3.19. The van der Waals surface area contributed by atoms with Crippen LogP contribution in [0.15, 0.2) is 0 Å². The SMILES string of the molecule is CC1(C)[C@H]2C[C@H](N)[C@@H](C(=O)O)[C@@H]1C2. The molecule has 74 valence electrons. The number of aliphatic carboxylic acids is 1. The summed E-state index contributed by atoms with van der Waals surface area (Å²) in [5, 5.41) is 9.06. The van der Waals surface area contributed by atoms with Gasteiger partial charge in [-0.1, -0.05) is 13.8 Å². The summed E-state index contributed by atoms with van der Waals surface area (Å²) in [5.74, 6) is -0.0504. The molecule has 0 aromatic carbocycles. The summed E-state index contributed by atoms with van der Waals surface area (Å²) in [6, 6.07) is -0.116. The summed E-state index contributed by atoms with van der Waals surface area (Å²) in [7, 11) is 0. The van der Waals surface area contributed by atoms with Crippen LogP contribution < -0.4 is 5.73 Å². The van der Waals surface area contributed by atoms with Crippen molar-refractivity contribution in [3.63, 3.8) is 0 Å². The van der Waals surface area contributed by atoms with Gasteiger partial charge in [0.25, 0.3) is 0 Å². The van der Waals surface area contributed by atoms with Gasteiger partial charge in [0.15, 0.2) is 0 Å². The van der Waals surface area contributed by atoms with E-state index in [1.165, 1.54) is 0 Å². The van der Waals surface area contributed by atoms with Crippen molar-refractivity contribution >= 4 is 5.97 Å². The molecule has 0 amide bonds. The van der Waals surface area contributed by atoms with Gasteiger partial charge < -0.3 is 10.8 Å². The second kappa shape index (κ2) is 2.47. The Balaban J connectivity index is 2.22. The summed E-state index contributed by atoms with van der Waals surface area (Å²) in [6.45, 7) is 4.35. The predicted molar refractivity (Wildman–Crippen MR) is 49.1 cm³/mol. The number of carbonyl (C=O) groups is 1. The maximum Gasteiger partial charge on any atom is 0.308 e. The van der Waals surface area contributed by atoms with Crippen LogP contribution >= 0.6 is 0 Å². The highest BCUT2D eigenvalue weighted by Crippen LogP contribution is 2.60. The standard InChI is InChI=1S/C10H17NO2/c1-10(2)5-3-6(10)8(9(12)13)7(11)4-5/h5-8H,3-4,11H2,1-2H3,(H,12,13)/t5-,6+,7+,8+/m1/s1. The summed E-state index contributed by atoms with van der Waals surface area (Å²) >= 11 is 0. The fraction of sp³-hybridized carbons (Fsp3) is 0.900. The molecule has 3 aliphatic carbocycles. The summed E-state index contributed by atoms with van der Waals surface area (Å²) in [5.41, 5.74) is 6.05. The average molecular weight is 183 g/mol. The molecule has 3 nitrogen and oxygen atoms in total. The molecule has 3 saturated carbocycles. The lowest BCUT2D eigenvalue weighted by Gasteiger charge is -2.60. The van der Waals surface area contributed by atoms with Gasteiger partial charge in [0.1, 0.15) is 0 Å². The van der Waals surface area contributed by atoms with E-state index in [4.69, 9.17) is 10.8 Å². The lowest BCUT2D eigenvalue weighted by Crippen LogP contribution is -2.61. The molecule has 0 radical (unpaired) electrons. The van der Waals surface area contributed by atoms with Crippen molar-refractivity contribution in [3.8, 4) is 0 Å². The monoisotopic (exact) mass is 183 g/mol. The van der Waals surface area contributed by atoms with Crippen molar-refractivity contribution in [2.24, 2.45) is 28.9 Å². The van der Waals surface area contributed by atoms with Crippen molar-refractivity contribution < 1.29 is 9.90 Å².